The molecule has 2 nitrogen and oxygen atoms in total. The van der Waals surface area contributed by atoms with E-state index >= 15 is 0 Å². The largest absolute Gasteiger partial charge is 0.310 e. The van der Waals surface area contributed by atoms with Crippen molar-refractivity contribution in [1.82, 2.24) is 0 Å². The van der Waals surface area contributed by atoms with Crippen LogP contribution in [0.5, 0.6) is 0 Å². The van der Waals surface area contributed by atoms with Crippen LogP contribution in [0.1, 0.15) is 0 Å². The average Bonchev–Trinajstić information content (AvgIpc) is 3.42. The first-order valence-corrected chi connectivity index (χ1v) is 23.3. The first-order valence-electron chi connectivity index (χ1n) is 23.3. The minimum Gasteiger partial charge on any atom is -0.310 e. The third-order valence-electron chi connectivity index (χ3n) is 13.2. The fourth-order valence-electron chi connectivity index (χ4n) is 10.2. The lowest BCUT2D eigenvalue weighted by molar-refractivity contribution is 1.30. The second-order valence-electron chi connectivity index (χ2n) is 17.2. The summed E-state index contributed by atoms with van der Waals surface area (Å²) in [5.74, 6) is 0. The van der Waals surface area contributed by atoms with E-state index in [1.54, 1.807) is 0 Å². The maximum atomic E-state index is 2.38. The summed E-state index contributed by atoms with van der Waals surface area (Å²) in [6.07, 6.45) is 0. The number of para-hydroxylation sites is 2. The van der Waals surface area contributed by atoms with Gasteiger partial charge in [-0.1, -0.05) is 218 Å². The third kappa shape index (κ3) is 7.35. The lowest BCUT2D eigenvalue weighted by Crippen LogP contribution is -2.10. The fraction of sp³-hybridized carbons (Fsp3) is 0. The van der Waals surface area contributed by atoms with Crippen LogP contribution in [0.2, 0.25) is 0 Å². The van der Waals surface area contributed by atoms with Gasteiger partial charge in [-0.15, -0.1) is 0 Å². The molecule has 0 spiro atoms. The van der Waals surface area contributed by atoms with Crippen molar-refractivity contribution in [1.29, 1.82) is 0 Å². The Kier molecular flexibility index (Phi) is 10.6. The topological polar surface area (TPSA) is 6.48 Å². The number of hydrogen-bond donors (Lipinski definition) is 0. The summed E-state index contributed by atoms with van der Waals surface area (Å²) in [6, 6.07) is 101. The van der Waals surface area contributed by atoms with E-state index in [9.17, 15) is 0 Å². The SMILES string of the molecule is c1ccc(-c2c(-c3ccccc3)c(-c3ccc(N(c4ccccc4)c4cccc5ccccc45)cc3)c3ccccc3c2-c2ccc(N(c3ccccc3)c3cccc4ccccc34)cc2)cc1. The first-order chi connectivity index (χ1) is 33.8. The Balaban J connectivity index is 1.07. The third-order valence-corrected chi connectivity index (χ3v) is 13.2. The van der Waals surface area contributed by atoms with Crippen LogP contribution in [0, 0.1) is 0 Å². The van der Waals surface area contributed by atoms with Crippen LogP contribution in [0.4, 0.5) is 34.1 Å². The van der Waals surface area contributed by atoms with Crippen molar-refractivity contribution in [3.63, 3.8) is 0 Å². The molecular formula is C66H46N2. The van der Waals surface area contributed by atoms with Gasteiger partial charge >= 0.3 is 0 Å². The number of benzene rings is 12. The molecule has 0 heterocycles. The highest BCUT2D eigenvalue weighted by molar-refractivity contribution is 6.18. The molecule has 0 amide bonds. The van der Waals surface area contributed by atoms with E-state index in [0.29, 0.717) is 0 Å². The molecule has 0 radical (unpaired) electrons. The monoisotopic (exact) mass is 866 g/mol. The zero-order valence-electron chi connectivity index (χ0n) is 37.5. The molecule has 12 rings (SSSR count). The highest BCUT2D eigenvalue weighted by Gasteiger charge is 2.25. The Bertz CT molecular complexity index is 3440. The Morgan fingerprint density at radius 1 is 0.176 bits per heavy atom. The Hall–Kier alpha value is -8.98. The predicted molar refractivity (Wildman–Crippen MR) is 290 cm³/mol. The lowest BCUT2D eigenvalue weighted by Gasteiger charge is -2.28. The van der Waals surface area contributed by atoms with Gasteiger partial charge in [-0.05, 0) is 127 Å². The zero-order valence-corrected chi connectivity index (χ0v) is 37.5. The minimum atomic E-state index is 1.09. The molecule has 0 saturated heterocycles. The van der Waals surface area contributed by atoms with Crippen LogP contribution in [0.25, 0.3) is 76.8 Å². The number of hydrogen-bond acceptors (Lipinski definition) is 2. The minimum absolute atomic E-state index is 1.09. The van der Waals surface area contributed by atoms with E-state index in [1.807, 2.05) is 0 Å². The summed E-state index contributed by atoms with van der Waals surface area (Å²) in [5.41, 5.74) is 16.2. The van der Waals surface area contributed by atoms with Crippen LogP contribution in [0.15, 0.2) is 279 Å². The van der Waals surface area contributed by atoms with E-state index in [2.05, 4.69) is 289 Å². The maximum Gasteiger partial charge on any atom is 0.0540 e. The summed E-state index contributed by atoms with van der Waals surface area (Å²) in [5, 5.41) is 7.24. The van der Waals surface area contributed by atoms with Crippen LogP contribution < -0.4 is 9.80 Å². The van der Waals surface area contributed by atoms with Gasteiger partial charge in [-0.2, -0.15) is 0 Å². The van der Waals surface area contributed by atoms with Gasteiger partial charge in [0.15, 0.2) is 0 Å². The average molecular weight is 867 g/mol. The van der Waals surface area contributed by atoms with E-state index in [0.717, 1.165) is 45.3 Å². The molecule has 0 bridgehead atoms. The zero-order chi connectivity index (χ0) is 45.2. The number of fused-ring (bicyclic) bond motifs is 3. The lowest BCUT2D eigenvalue weighted by atomic mass is 9.79. The van der Waals surface area contributed by atoms with E-state index < -0.39 is 0 Å². The summed E-state index contributed by atoms with van der Waals surface area (Å²) in [6.45, 7) is 0. The molecule has 0 unspecified atom stereocenters. The van der Waals surface area contributed by atoms with Crippen molar-refractivity contribution in [2.75, 3.05) is 9.80 Å². The smallest absolute Gasteiger partial charge is 0.0540 e. The van der Waals surface area contributed by atoms with Crippen molar-refractivity contribution in [3.8, 4) is 44.5 Å². The summed E-state index contributed by atoms with van der Waals surface area (Å²) in [7, 11) is 0. The van der Waals surface area contributed by atoms with E-state index in [1.165, 1.54) is 65.7 Å². The summed E-state index contributed by atoms with van der Waals surface area (Å²) in [4.78, 5) is 4.76. The normalized spacial score (nSPS) is 11.2. The van der Waals surface area contributed by atoms with Gasteiger partial charge in [0.1, 0.15) is 0 Å². The van der Waals surface area contributed by atoms with Gasteiger partial charge in [0.25, 0.3) is 0 Å². The van der Waals surface area contributed by atoms with Gasteiger partial charge in [0.05, 0.1) is 11.4 Å². The van der Waals surface area contributed by atoms with Gasteiger partial charge in [0, 0.05) is 33.5 Å². The van der Waals surface area contributed by atoms with Gasteiger partial charge in [0.2, 0.25) is 0 Å². The van der Waals surface area contributed by atoms with Crippen LogP contribution >= 0.6 is 0 Å². The van der Waals surface area contributed by atoms with Crippen molar-refractivity contribution in [3.05, 3.63) is 279 Å². The molecule has 12 aromatic rings. The second kappa shape index (κ2) is 17.8. The van der Waals surface area contributed by atoms with Crippen molar-refractivity contribution in [2.24, 2.45) is 0 Å². The van der Waals surface area contributed by atoms with E-state index in [4.69, 9.17) is 0 Å². The highest BCUT2D eigenvalue weighted by Crippen LogP contribution is 2.52. The van der Waals surface area contributed by atoms with Crippen LogP contribution in [0.3, 0.4) is 0 Å². The van der Waals surface area contributed by atoms with E-state index in [-0.39, 0.29) is 0 Å². The Morgan fingerprint density at radius 2 is 0.456 bits per heavy atom. The standard InChI is InChI=1S/C66H46N2/c1-5-23-49(24-6-1)65-63(51-39-43-55(44-40-51)67(53-29-9-3-10-30-53)61-37-19-27-47-21-13-15-33-57(47)61)59-35-17-18-36-60(59)64(66(65)50-25-7-2-8-26-50)52-41-45-56(46-42-52)68(54-31-11-4-12-32-54)62-38-20-28-48-22-14-16-34-58(48)62/h1-46H. The maximum absolute atomic E-state index is 2.38. The Labute approximate surface area is 397 Å². The molecule has 0 saturated carbocycles. The summed E-state index contributed by atoms with van der Waals surface area (Å²) < 4.78 is 0. The van der Waals surface area contributed by atoms with Crippen molar-refractivity contribution in [2.45, 2.75) is 0 Å². The molecular weight excluding hydrogens is 821 g/mol. The molecule has 0 aliphatic rings. The first kappa shape index (κ1) is 40.5. The highest BCUT2D eigenvalue weighted by atomic mass is 15.1. The number of rotatable bonds is 10. The molecule has 320 valence electrons. The molecule has 12 aromatic carbocycles. The van der Waals surface area contributed by atoms with Gasteiger partial charge in [-0.3, -0.25) is 0 Å². The molecule has 0 N–H and O–H groups in total. The number of anilines is 6. The molecule has 0 aliphatic carbocycles. The molecule has 68 heavy (non-hydrogen) atoms. The molecule has 0 aliphatic heterocycles. The van der Waals surface area contributed by atoms with Gasteiger partial charge < -0.3 is 9.80 Å². The van der Waals surface area contributed by atoms with Crippen molar-refractivity contribution >= 4 is 66.4 Å². The summed E-state index contributed by atoms with van der Waals surface area (Å²) >= 11 is 0. The predicted octanol–water partition coefficient (Wildman–Crippen LogP) is 18.8. The van der Waals surface area contributed by atoms with Crippen LogP contribution in [-0.2, 0) is 0 Å². The van der Waals surface area contributed by atoms with Gasteiger partial charge in [-0.25, -0.2) is 0 Å². The molecule has 0 atom stereocenters. The number of nitrogens with zero attached hydrogens (tertiary/aromatic N) is 2. The van der Waals surface area contributed by atoms with Crippen molar-refractivity contribution < 1.29 is 0 Å². The van der Waals surface area contributed by atoms with Crippen LogP contribution in [-0.4, -0.2) is 0 Å². The second-order valence-corrected chi connectivity index (χ2v) is 17.2. The Morgan fingerprint density at radius 3 is 0.838 bits per heavy atom. The quantitative estimate of drug-likeness (QED) is 0.135. The molecule has 0 aromatic heterocycles. The molecule has 2 heteroatoms. The fourth-order valence-corrected chi connectivity index (χ4v) is 10.2. The molecule has 0 fully saturated rings.